The molecule has 9 nitrogen and oxygen atoms in total. The minimum absolute atomic E-state index is 0.0461. The van der Waals surface area contributed by atoms with Gasteiger partial charge in [0.2, 0.25) is 0 Å². The minimum Gasteiger partial charge on any atom is -0.403 e. The van der Waals surface area contributed by atoms with Gasteiger partial charge in [-0.15, -0.1) is 0 Å². The first-order valence-corrected chi connectivity index (χ1v) is 9.26. The first kappa shape index (κ1) is 17.9. The number of hydrogen-bond acceptors (Lipinski definition) is 7. The summed E-state index contributed by atoms with van der Waals surface area (Å²) in [5.41, 5.74) is -0.149. The normalized spacial score (nSPS) is 15.5. The summed E-state index contributed by atoms with van der Waals surface area (Å²) in [6, 6.07) is 13.1. The van der Waals surface area contributed by atoms with Crippen LogP contribution < -0.4 is 14.3 Å². The highest BCUT2D eigenvalue weighted by Crippen LogP contribution is 2.45. The van der Waals surface area contributed by atoms with Crippen molar-refractivity contribution in [1.82, 2.24) is 5.25 Å². The third-order valence-corrected chi connectivity index (χ3v) is 4.63. The van der Waals surface area contributed by atoms with Crippen molar-refractivity contribution in [2.45, 2.75) is 12.8 Å². The van der Waals surface area contributed by atoms with Crippen LogP contribution in [0.15, 0.2) is 54.6 Å². The highest BCUT2D eigenvalue weighted by Gasteiger charge is 2.36. The van der Waals surface area contributed by atoms with Crippen LogP contribution in [0, 0.1) is 16.0 Å². The molecule has 1 aliphatic carbocycles. The van der Waals surface area contributed by atoms with Gasteiger partial charge in [-0.25, -0.2) is 4.57 Å². The second-order valence-electron chi connectivity index (χ2n) is 5.53. The summed E-state index contributed by atoms with van der Waals surface area (Å²) in [5, 5.41) is 12.8. The smallest absolute Gasteiger partial charge is 0.403 e. The topological polar surface area (TPSA) is 117 Å². The molecule has 1 atom stereocenters. The van der Waals surface area contributed by atoms with Crippen molar-refractivity contribution in [3.05, 3.63) is 64.7 Å². The molecule has 2 aromatic rings. The maximum absolute atomic E-state index is 13.0. The number of hydrogen-bond donors (Lipinski definition) is 1. The van der Waals surface area contributed by atoms with Gasteiger partial charge in [-0.05, 0) is 42.4 Å². The van der Waals surface area contributed by atoms with Gasteiger partial charge in [0.25, 0.3) is 5.69 Å². The zero-order valence-corrected chi connectivity index (χ0v) is 14.3. The van der Waals surface area contributed by atoms with Gasteiger partial charge in [0.05, 0.1) is 10.8 Å². The highest BCUT2D eigenvalue weighted by molar-refractivity contribution is 7.52. The van der Waals surface area contributed by atoms with Crippen LogP contribution in [0.5, 0.6) is 11.5 Å². The number of carbonyl (C=O) groups excluding carboxylic acids is 1. The standard InChI is InChI=1S/C16H15N2O7P/c19-16(12-6-7-12)23-17-26(22,24-14-4-2-1-3-5-14)25-15-10-8-13(9-11-15)18(20)21/h1-5,8-12H,6-7H2,(H,17,22). The largest absolute Gasteiger partial charge is 0.546 e. The minimum atomic E-state index is -4.13. The molecule has 1 aliphatic rings. The molecule has 0 amide bonds. The molecule has 2 aromatic carbocycles. The molecule has 1 N–H and O–H groups in total. The van der Waals surface area contributed by atoms with Crippen LogP contribution in [0.2, 0.25) is 0 Å². The lowest BCUT2D eigenvalue weighted by Crippen LogP contribution is -2.23. The summed E-state index contributed by atoms with van der Waals surface area (Å²) < 4.78 is 23.6. The van der Waals surface area contributed by atoms with E-state index in [0.717, 1.165) is 0 Å². The highest BCUT2D eigenvalue weighted by atomic mass is 31.2. The third-order valence-electron chi connectivity index (χ3n) is 3.41. The van der Waals surface area contributed by atoms with E-state index in [-0.39, 0.29) is 23.1 Å². The predicted octanol–water partition coefficient (Wildman–Crippen LogP) is 3.62. The number of nitro groups is 1. The molecule has 0 heterocycles. The maximum Gasteiger partial charge on any atom is 0.546 e. The van der Waals surface area contributed by atoms with Crippen molar-refractivity contribution in [3.63, 3.8) is 0 Å². The first-order chi connectivity index (χ1) is 12.5. The summed E-state index contributed by atoms with van der Waals surface area (Å²) in [6.07, 6.45) is 1.43. The second kappa shape index (κ2) is 7.55. The van der Waals surface area contributed by atoms with Crippen LogP contribution in [-0.4, -0.2) is 10.9 Å². The van der Waals surface area contributed by atoms with E-state index in [4.69, 9.17) is 13.9 Å². The van der Waals surface area contributed by atoms with Gasteiger partial charge >= 0.3 is 13.7 Å². The fourth-order valence-corrected chi connectivity index (χ4v) is 3.06. The molecule has 0 bridgehead atoms. The van der Waals surface area contributed by atoms with E-state index < -0.39 is 18.6 Å². The van der Waals surface area contributed by atoms with Gasteiger partial charge < -0.3 is 13.9 Å². The summed E-state index contributed by atoms with van der Waals surface area (Å²) in [6.45, 7) is 0. The van der Waals surface area contributed by atoms with Crippen molar-refractivity contribution in [1.29, 1.82) is 0 Å². The molecule has 26 heavy (non-hydrogen) atoms. The van der Waals surface area contributed by atoms with E-state index in [1.807, 2.05) is 0 Å². The zero-order valence-electron chi connectivity index (χ0n) is 13.4. The van der Waals surface area contributed by atoms with Gasteiger partial charge in [0.15, 0.2) is 0 Å². The quantitative estimate of drug-likeness (QED) is 0.420. The van der Waals surface area contributed by atoms with E-state index in [9.17, 15) is 19.5 Å². The Morgan fingerprint density at radius 2 is 1.62 bits per heavy atom. The van der Waals surface area contributed by atoms with Crippen LogP contribution >= 0.6 is 7.75 Å². The van der Waals surface area contributed by atoms with Crippen molar-refractivity contribution in [2.75, 3.05) is 0 Å². The second-order valence-corrected chi connectivity index (χ2v) is 7.07. The predicted molar refractivity (Wildman–Crippen MR) is 90.4 cm³/mol. The number of non-ortho nitro benzene ring substituents is 1. The van der Waals surface area contributed by atoms with Crippen LogP contribution in [0.3, 0.4) is 0 Å². The molecule has 10 heteroatoms. The molecule has 136 valence electrons. The molecule has 1 unspecified atom stereocenters. The van der Waals surface area contributed by atoms with Gasteiger partial charge in [0, 0.05) is 12.1 Å². The molecular formula is C16H15N2O7P. The fraction of sp³-hybridized carbons (Fsp3) is 0.188. The van der Waals surface area contributed by atoms with Crippen molar-refractivity contribution >= 4 is 19.4 Å². The molecule has 0 radical (unpaired) electrons. The number of rotatable bonds is 8. The Morgan fingerprint density at radius 1 is 1.04 bits per heavy atom. The van der Waals surface area contributed by atoms with E-state index in [2.05, 4.69) is 5.25 Å². The lowest BCUT2D eigenvalue weighted by Gasteiger charge is -2.19. The molecular weight excluding hydrogens is 363 g/mol. The summed E-state index contributed by atoms with van der Waals surface area (Å²) in [5.74, 6) is -0.487. The zero-order chi connectivity index (χ0) is 18.6. The number of nitrogens with one attached hydrogen (secondary N) is 1. The monoisotopic (exact) mass is 378 g/mol. The Labute approximate surface area is 148 Å². The van der Waals surface area contributed by atoms with Gasteiger partial charge in [-0.3, -0.25) is 14.9 Å². The number of nitro benzene ring substituents is 1. The number of para-hydroxylation sites is 1. The van der Waals surface area contributed by atoms with E-state index >= 15 is 0 Å². The SMILES string of the molecule is O=C(ONP(=O)(Oc1ccccc1)Oc1ccc([N+](=O)[O-])cc1)C1CC1. The van der Waals surface area contributed by atoms with Crippen molar-refractivity contribution in [2.24, 2.45) is 5.92 Å². The number of carbonyl (C=O) groups is 1. The summed E-state index contributed by atoms with van der Waals surface area (Å²) in [7, 11) is -4.13. The van der Waals surface area contributed by atoms with Gasteiger partial charge in [0.1, 0.15) is 11.5 Å². The van der Waals surface area contributed by atoms with Crippen LogP contribution in [0.25, 0.3) is 0 Å². The Balaban J connectivity index is 1.75. The van der Waals surface area contributed by atoms with Crippen LogP contribution in [0.1, 0.15) is 12.8 Å². The number of benzene rings is 2. The van der Waals surface area contributed by atoms with E-state index in [1.54, 1.807) is 30.3 Å². The Bertz CT molecular complexity index is 837. The molecule has 0 spiro atoms. The molecule has 1 saturated carbocycles. The number of nitrogens with zero attached hydrogens (tertiary/aromatic N) is 1. The van der Waals surface area contributed by atoms with Crippen molar-refractivity contribution < 1.29 is 28.2 Å². The molecule has 3 rings (SSSR count). The van der Waals surface area contributed by atoms with Crippen molar-refractivity contribution in [3.8, 4) is 11.5 Å². The average molecular weight is 378 g/mol. The first-order valence-electron chi connectivity index (χ1n) is 7.72. The lowest BCUT2D eigenvalue weighted by molar-refractivity contribution is -0.384. The van der Waals surface area contributed by atoms with Crippen LogP contribution in [0.4, 0.5) is 5.69 Å². The van der Waals surface area contributed by atoms with Crippen LogP contribution in [-0.2, 0) is 14.2 Å². The molecule has 1 fully saturated rings. The average Bonchev–Trinajstić information content (AvgIpc) is 3.46. The molecule has 0 aliphatic heterocycles. The molecule has 0 aromatic heterocycles. The Kier molecular flexibility index (Phi) is 5.20. The summed E-state index contributed by atoms with van der Waals surface area (Å²) in [4.78, 5) is 26.6. The molecule has 0 saturated heterocycles. The Hall–Kier alpha value is -2.90. The van der Waals surface area contributed by atoms with Gasteiger partial charge in [-0.2, -0.15) is 0 Å². The summed E-state index contributed by atoms with van der Waals surface area (Å²) >= 11 is 0. The van der Waals surface area contributed by atoms with Gasteiger partial charge in [-0.1, -0.05) is 18.2 Å². The van der Waals surface area contributed by atoms with E-state index in [0.29, 0.717) is 12.8 Å². The Morgan fingerprint density at radius 3 is 2.15 bits per heavy atom. The van der Waals surface area contributed by atoms with E-state index in [1.165, 1.54) is 24.3 Å². The lowest BCUT2D eigenvalue weighted by atomic mass is 10.3. The fourth-order valence-electron chi connectivity index (χ4n) is 1.95. The third kappa shape index (κ3) is 4.81. The maximum atomic E-state index is 13.0.